The predicted octanol–water partition coefficient (Wildman–Crippen LogP) is 1.43. The molecule has 1 unspecified atom stereocenters. The molecule has 4 nitrogen and oxygen atoms in total. The molecule has 1 aliphatic rings. The van der Waals surface area contributed by atoms with Gasteiger partial charge in [-0.1, -0.05) is 18.2 Å². The van der Waals surface area contributed by atoms with Crippen molar-refractivity contribution >= 4 is 5.91 Å². The number of rotatable bonds is 4. The van der Waals surface area contributed by atoms with Crippen LogP contribution in [-0.4, -0.2) is 38.2 Å². The van der Waals surface area contributed by atoms with E-state index in [1.165, 1.54) is 0 Å². The van der Waals surface area contributed by atoms with E-state index in [1.54, 1.807) is 19.1 Å². The third kappa shape index (κ3) is 1.81. The Kier molecular flexibility index (Phi) is 3.22. The summed E-state index contributed by atoms with van der Waals surface area (Å²) in [4.78, 5) is 13.5. The van der Waals surface area contributed by atoms with Gasteiger partial charge in [0.25, 0.3) is 5.91 Å². The molecule has 0 aliphatic carbocycles. The molecule has 1 aliphatic heterocycles. The largest absolute Gasteiger partial charge is 0.382 e. The van der Waals surface area contributed by atoms with Crippen molar-refractivity contribution in [1.82, 2.24) is 4.90 Å². The van der Waals surface area contributed by atoms with Crippen molar-refractivity contribution < 1.29 is 14.3 Å². The summed E-state index contributed by atoms with van der Waals surface area (Å²) in [7, 11) is 3.38. The number of hydrogen-bond acceptors (Lipinski definition) is 3. The van der Waals surface area contributed by atoms with E-state index in [-0.39, 0.29) is 12.1 Å². The summed E-state index contributed by atoms with van der Waals surface area (Å²) in [5.41, 5.74) is 1.67. The second-order valence-electron chi connectivity index (χ2n) is 3.72. The summed E-state index contributed by atoms with van der Waals surface area (Å²) in [6, 6.07) is 7.53. The summed E-state index contributed by atoms with van der Waals surface area (Å²) in [6.45, 7) is 1.01. The van der Waals surface area contributed by atoms with Gasteiger partial charge in [-0.25, -0.2) is 0 Å². The predicted molar refractivity (Wildman–Crippen MR) is 59.1 cm³/mol. The lowest BCUT2D eigenvalue weighted by atomic mass is 10.1. The van der Waals surface area contributed by atoms with Crippen molar-refractivity contribution in [2.45, 2.75) is 6.23 Å². The van der Waals surface area contributed by atoms with Crippen molar-refractivity contribution in [2.75, 3.05) is 27.4 Å². The fraction of sp³-hybridized carbons (Fsp3) is 0.417. The van der Waals surface area contributed by atoms with Gasteiger partial charge in [0.15, 0.2) is 6.23 Å². The molecule has 2 rings (SSSR count). The molecule has 1 amide bonds. The SMILES string of the molecule is COCCOC1c2ccccc2C(=O)N1C. The topological polar surface area (TPSA) is 38.8 Å². The number of amides is 1. The van der Waals surface area contributed by atoms with Crippen LogP contribution in [-0.2, 0) is 9.47 Å². The lowest BCUT2D eigenvalue weighted by Crippen LogP contribution is -2.25. The van der Waals surface area contributed by atoms with Crippen LogP contribution in [0.5, 0.6) is 0 Å². The van der Waals surface area contributed by atoms with Crippen LogP contribution < -0.4 is 0 Å². The zero-order valence-electron chi connectivity index (χ0n) is 9.47. The average Bonchev–Trinajstić information content (AvgIpc) is 2.55. The van der Waals surface area contributed by atoms with Crippen LogP contribution in [0, 0.1) is 0 Å². The number of carbonyl (C=O) groups excluding carboxylic acids is 1. The highest BCUT2D eigenvalue weighted by molar-refractivity contribution is 5.98. The van der Waals surface area contributed by atoms with Crippen molar-refractivity contribution in [1.29, 1.82) is 0 Å². The summed E-state index contributed by atoms with van der Waals surface area (Å²) in [5, 5.41) is 0. The molecule has 0 fully saturated rings. The summed E-state index contributed by atoms with van der Waals surface area (Å²) >= 11 is 0. The van der Waals surface area contributed by atoms with Crippen LogP contribution >= 0.6 is 0 Å². The molecule has 16 heavy (non-hydrogen) atoms. The fourth-order valence-corrected chi connectivity index (χ4v) is 1.86. The maximum atomic E-state index is 11.9. The number of benzene rings is 1. The van der Waals surface area contributed by atoms with Crippen LogP contribution in [0.1, 0.15) is 22.1 Å². The average molecular weight is 221 g/mol. The maximum Gasteiger partial charge on any atom is 0.256 e. The van der Waals surface area contributed by atoms with E-state index in [1.807, 2.05) is 24.3 Å². The van der Waals surface area contributed by atoms with Crippen LogP contribution in [0.15, 0.2) is 24.3 Å². The van der Waals surface area contributed by atoms with Gasteiger partial charge in [0, 0.05) is 25.3 Å². The van der Waals surface area contributed by atoms with Gasteiger partial charge in [0.1, 0.15) is 0 Å². The second kappa shape index (κ2) is 4.63. The minimum Gasteiger partial charge on any atom is -0.382 e. The van der Waals surface area contributed by atoms with Crippen LogP contribution in [0.4, 0.5) is 0 Å². The smallest absolute Gasteiger partial charge is 0.256 e. The molecule has 86 valence electrons. The first-order chi connectivity index (χ1) is 7.75. The first-order valence-corrected chi connectivity index (χ1v) is 5.22. The minimum atomic E-state index is -0.279. The van der Waals surface area contributed by atoms with E-state index in [4.69, 9.17) is 9.47 Å². The molecule has 0 saturated carbocycles. The molecule has 1 aromatic rings. The van der Waals surface area contributed by atoms with Gasteiger partial charge in [-0.15, -0.1) is 0 Å². The Morgan fingerprint density at radius 3 is 2.81 bits per heavy atom. The van der Waals surface area contributed by atoms with Crippen molar-refractivity contribution in [2.24, 2.45) is 0 Å². The van der Waals surface area contributed by atoms with Gasteiger partial charge in [-0.2, -0.15) is 0 Å². The van der Waals surface area contributed by atoms with E-state index in [0.717, 1.165) is 11.1 Å². The minimum absolute atomic E-state index is 0.0121. The Bertz CT molecular complexity index is 392. The lowest BCUT2D eigenvalue weighted by molar-refractivity contribution is -0.0457. The van der Waals surface area contributed by atoms with Crippen molar-refractivity contribution in [3.05, 3.63) is 35.4 Å². The third-order valence-corrected chi connectivity index (χ3v) is 2.69. The van der Waals surface area contributed by atoms with E-state index in [9.17, 15) is 4.79 Å². The van der Waals surface area contributed by atoms with Crippen molar-refractivity contribution in [3.8, 4) is 0 Å². The molecular formula is C12H15NO3. The Balaban J connectivity index is 2.17. The van der Waals surface area contributed by atoms with E-state index < -0.39 is 0 Å². The standard InChI is InChI=1S/C12H15NO3/c1-13-11(14)9-5-3-4-6-10(9)12(13)16-8-7-15-2/h3-6,12H,7-8H2,1-2H3. The number of nitrogens with zero attached hydrogens (tertiary/aromatic N) is 1. The molecule has 0 saturated heterocycles. The summed E-state index contributed by atoms with van der Waals surface area (Å²) in [6.07, 6.45) is -0.279. The summed E-state index contributed by atoms with van der Waals surface area (Å²) in [5.74, 6) is 0.0121. The van der Waals surface area contributed by atoms with Crippen LogP contribution in [0.2, 0.25) is 0 Å². The third-order valence-electron chi connectivity index (χ3n) is 2.69. The van der Waals surface area contributed by atoms with Gasteiger partial charge < -0.3 is 14.4 Å². The van der Waals surface area contributed by atoms with Crippen molar-refractivity contribution in [3.63, 3.8) is 0 Å². The van der Waals surface area contributed by atoms with Gasteiger partial charge in [0.2, 0.25) is 0 Å². The molecule has 0 N–H and O–H groups in total. The van der Waals surface area contributed by atoms with Gasteiger partial charge in [-0.3, -0.25) is 4.79 Å². The maximum absolute atomic E-state index is 11.9. The lowest BCUT2D eigenvalue weighted by Gasteiger charge is -2.20. The van der Waals surface area contributed by atoms with E-state index in [0.29, 0.717) is 13.2 Å². The molecule has 1 aromatic carbocycles. The second-order valence-corrected chi connectivity index (χ2v) is 3.72. The fourth-order valence-electron chi connectivity index (χ4n) is 1.86. The number of carbonyl (C=O) groups is 1. The highest BCUT2D eigenvalue weighted by Crippen LogP contribution is 2.32. The number of hydrogen-bond donors (Lipinski definition) is 0. The molecule has 0 bridgehead atoms. The monoisotopic (exact) mass is 221 g/mol. The van der Waals surface area contributed by atoms with E-state index >= 15 is 0 Å². The Morgan fingerprint density at radius 2 is 2.06 bits per heavy atom. The molecule has 0 radical (unpaired) electrons. The first kappa shape index (κ1) is 11.1. The van der Waals surface area contributed by atoms with E-state index in [2.05, 4.69) is 0 Å². The molecule has 4 heteroatoms. The highest BCUT2D eigenvalue weighted by atomic mass is 16.5. The Morgan fingerprint density at radius 1 is 1.31 bits per heavy atom. The zero-order valence-corrected chi connectivity index (χ0v) is 9.47. The van der Waals surface area contributed by atoms with Crippen LogP contribution in [0.25, 0.3) is 0 Å². The molecule has 0 aromatic heterocycles. The molecule has 1 heterocycles. The Hall–Kier alpha value is -1.39. The van der Waals surface area contributed by atoms with Gasteiger partial charge >= 0.3 is 0 Å². The molecule has 0 spiro atoms. The molecular weight excluding hydrogens is 206 g/mol. The molecule has 1 atom stereocenters. The van der Waals surface area contributed by atoms with Gasteiger partial charge in [-0.05, 0) is 6.07 Å². The number of fused-ring (bicyclic) bond motifs is 1. The first-order valence-electron chi connectivity index (χ1n) is 5.22. The number of methoxy groups -OCH3 is 1. The number of ether oxygens (including phenoxy) is 2. The quantitative estimate of drug-likeness (QED) is 0.722. The van der Waals surface area contributed by atoms with Gasteiger partial charge in [0.05, 0.1) is 13.2 Å². The zero-order chi connectivity index (χ0) is 11.5. The highest BCUT2D eigenvalue weighted by Gasteiger charge is 2.34. The van der Waals surface area contributed by atoms with Crippen LogP contribution in [0.3, 0.4) is 0 Å². The Labute approximate surface area is 94.8 Å². The normalized spacial score (nSPS) is 19.0. The summed E-state index contributed by atoms with van der Waals surface area (Å²) < 4.78 is 10.6.